The molecule has 0 aliphatic rings. The van der Waals surface area contributed by atoms with Gasteiger partial charge in [0.25, 0.3) is 6.43 Å². The molecule has 0 aromatic carbocycles. The number of hydrogen-bond acceptors (Lipinski definition) is 2. The van der Waals surface area contributed by atoms with Crippen LogP contribution < -0.4 is 5.32 Å². The third-order valence-corrected chi connectivity index (χ3v) is 1.44. The zero-order chi connectivity index (χ0) is 12.1. The zero-order valence-electron chi connectivity index (χ0n) is 7.94. The summed E-state index contributed by atoms with van der Waals surface area (Å²) in [7, 11) is 1.10. The number of carbonyl (C=O) groups excluding carboxylic acids is 1. The highest BCUT2D eigenvalue weighted by Crippen LogP contribution is 2.11. The van der Waals surface area contributed by atoms with Crippen molar-refractivity contribution >= 4 is 5.91 Å². The molecule has 0 aromatic rings. The molecule has 3 nitrogen and oxygen atoms in total. The fourth-order valence-corrected chi connectivity index (χ4v) is 0.755. The second-order valence-corrected chi connectivity index (χ2v) is 2.88. The molecule has 0 heterocycles. The van der Waals surface area contributed by atoms with Crippen molar-refractivity contribution in [1.29, 1.82) is 0 Å². The molecule has 0 atom stereocenters. The Morgan fingerprint density at radius 3 is 2.33 bits per heavy atom. The summed E-state index contributed by atoms with van der Waals surface area (Å²) in [6.45, 7) is -2.71. The van der Waals surface area contributed by atoms with Gasteiger partial charge in [-0.15, -0.1) is 0 Å². The smallest absolute Gasteiger partial charge is 0.339 e. The predicted octanol–water partition coefficient (Wildman–Crippen LogP) is 0.862. The highest BCUT2D eigenvalue weighted by atomic mass is 19.4. The fourth-order valence-electron chi connectivity index (χ4n) is 0.755. The van der Waals surface area contributed by atoms with Crippen LogP contribution in [-0.2, 0) is 4.79 Å². The van der Waals surface area contributed by atoms with Gasteiger partial charge in [-0.05, 0) is 0 Å². The van der Waals surface area contributed by atoms with Gasteiger partial charge in [0.2, 0.25) is 5.91 Å². The molecule has 1 amide bonds. The van der Waals surface area contributed by atoms with E-state index in [4.69, 9.17) is 0 Å². The van der Waals surface area contributed by atoms with E-state index in [0.717, 1.165) is 7.05 Å². The largest absolute Gasteiger partial charge is 0.401 e. The van der Waals surface area contributed by atoms with Crippen molar-refractivity contribution in [2.75, 3.05) is 26.7 Å². The minimum absolute atomic E-state index is 0.608. The van der Waals surface area contributed by atoms with Gasteiger partial charge >= 0.3 is 6.18 Å². The standard InChI is InChI=1S/C7H11F5N2O/c1-14(3-5(8)9)6(15)2-13-4-7(10,11)12/h5,13H,2-4H2,1H3. The van der Waals surface area contributed by atoms with E-state index in [1.807, 2.05) is 5.32 Å². The SMILES string of the molecule is CN(CC(F)F)C(=O)CNCC(F)(F)F. The minimum atomic E-state index is -4.42. The molecule has 15 heavy (non-hydrogen) atoms. The van der Waals surface area contributed by atoms with Gasteiger partial charge in [-0.1, -0.05) is 0 Å². The van der Waals surface area contributed by atoms with Crippen molar-refractivity contribution < 1.29 is 26.7 Å². The molecule has 0 aliphatic heterocycles. The maximum Gasteiger partial charge on any atom is 0.401 e. The summed E-state index contributed by atoms with van der Waals surface area (Å²) in [5, 5.41) is 1.82. The second kappa shape index (κ2) is 5.84. The molecule has 0 unspecified atom stereocenters. The molecule has 90 valence electrons. The van der Waals surface area contributed by atoms with Crippen LogP contribution in [0.2, 0.25) is 0 Å². The number of likely N-dealkylation sites (N-methyl/N-ethyl adjacent to an activating group) is 1. The first-order valence-electron chi connectivity index (χ1n) is 4.02. The molecule has 0 saturated carbocycles. The molecule has 0 aromatic heterocycles. The number of hydrogen-bond donors (Lipinski definition) is 1. The maximum absolute atomic E-state index is 11.8. The Balaban J connectivity index is 3.74. The normalized spacial score (nSPS) is 11.9. The lowest BCUT2D eigenvalue weighted by Gasteiger charge is -2.17. The molecule has 0 radical (unpaired) electrons. The van der Waals surface area contributed by atoms with Crippen molar-refractivity contribution in [3.63, 3.8) is 0 Å². The Morgan fingerprint density at radius 2 is 1.93 bits per heavy atom. The zero-order valence-corrected chi connectivity index (χ0v) is 7.94. The van der Waals surface area contributed by atoms with Crippen LogP contribution >= 0.6 is 0 Å². The summed E-state index contributed by atoms with van der Waals surface area (Å²) in [6, 6.07) is 0. The van der Waals surface area contributed by atoms with Crippen molar-refractivity contribution in [3.8, 4) is 0 Å². The maximum atomic E-state index is 11.8. The molecule has 0 bridgehead atoms. The van der Waals surface area contributed by atoms with Crippen molar-refractivity contribution in [2.24, 2.45) is 0 Å². The number of rotatable bonds is 5. The van der Waals surface area contributed by atoms with Gasteiger partial charge in [0.05, 0.1) is 19.6 Å². The van der Waals surface area contributed by atoms with Gasteiger partial charge in [-0.2, -0.15) is 13.2 Å². The molecule has 0 rings (SSSR count). The van der Waals surface area contributed by atoms with Crippen LogP contribution in [0.5, 0.6) is 0 Å². The summed E-state index contributed by atoms with van der Waals surface area (Å²) in [5.41, 5.74) is 0. The third-order valence-electron chi connectivity index (χ3n) is 1.44. The van der Waals surface area contributed by atoms with E-state index < -0.39 is 38.1 Å². The van der Waals surface area contributed by atoms with Gasteiger partial charge in [0.1, 0.15) is 0 Å². The first-order valence-corrected chi connectivity index (χ1v) is 4.02. The van der Waals surface area contributed by atoms with Gasteiger partial charge < -0.3 is 10.2 Å². The van der Waals surface area contributed by atoms with Crippen molar-refractivity contribution in [2.45, 2.75) is 12.6 Å². The lowest BCUT2D eigenvalue weighted by Crippen LogP contribution is -2.40. The summed E-state index contributed by atoms with van der Waals surface area (Å²) in [5.74, 6) is -0.806. The van der Waals surface area contributed by atoms with Gasteiger partial charge in [0.15, 0.2) is 0 Å². The van der Waals surface area contributed by atoms with Crippen LogP contribution in [0.25, 0.3) is 0 Å². The van der Waals surface area contributed by atoms with Crippen LogP contribution in [0.1, 0.15) is 0 Å². The molecule has 8 heteroatoms. The van der Waals surface area contributed by atoms with Crippen molar-refractivity contribution in [3.05, 3.63) is 0 Å². The average Bonchev–Trinajstić information content (AvgIpc) is 2.00. The Kier molecular flexibility index (Phi) is 5.48. The Morgan fingerprint density at radius 1 is 1.40 bits per heavy atom. The molecular formula is C7H11F5N2O. The Labute approximate surface area is 83.2 Å². The molecule has 0 saturated heterocycles. The van der Waals surface area contributed by atoms with Crippen LogP contribution in [0.4, 0.5) is 22.0 Å². The van der Waals surface area contributed by atoms with E-state index in [9.17, 15) is 26.7 Å². The molecule has 0 aliphatic carbocycles. The summed E-state index contributed by atoms with van der Waals surface area (Å²) >= 11 is 0. The second-order valence-electron chi connectivity index (χ2n) is 2.88. The van der Waals surface area contributed by atoms with E-state index in [0.29, 0.717) is 4.90 Å². The highest BCUT2D eigenvalue weighted by molar-refractivity contribution is 5.77. The predicted molar refractivity (Wildman–Crippen MR) is 42.6 cm³/mol. The fraction of sp³-hybridized carbons (Fsp3) is 0.857. The number of carbonyl (C=O) groups is 1. The summed E-state index contributed by atoms with van der Waals surface area (Å²) < 4.78 is 58.4. The number of alkyl halides is 5. The van der Waals surface area contributed by atoms with E-state index in [1.54, 1.807) is 0 Å². The monoisotopic (exact) mass is 234 g/mol. The summed E-state index contributed by atoms with van der Waals surface area (Å²) in [6.07, 6.45) is -7.11. The number of amides is 1. The molecular weight excluding hydrogens is 223 g/mol. The van der Waals surface area contributed by atoms with Crippen LogP contribution in [-0.4, -0.2) is 50.1 Å². The van der Waals surface area contributed by atoms with Crippen molar-refractivity contribution in [1.82, 2.24) is 10.2 Å². The number of halogens is 5. The first kappa shape index (κ1) is 14.1. The summed E-state index contributed by atoms with van der Waals surface area (Å²) in [4.78, 5) is 11.6. The van der Waals surface area contributed by atoms with E-state index in [1.165, 1.54) is 0 Å². The van der Waals surface area contributed by atoms with E-state index in [-0.39, 0.29) is 0 Å². The minimum Gasteiger partial charge on any atom is -0.339 e. The van der Waals surface area contributed by atoms with Crippen LogP contribution in [0.3, 0.4) is 0 Å². The van der Waals surface area contributed by atoms with Crippen LogP contribution in [0, 0.1) is 0 Å². The molecule has 0 spiro atoms. The van der Waals surface area contributed by atoms with E-state index >= 15 is 0 Å². The Bertz CT molecular complexity index is 206. The first-order chi connectivity index (χ1) is 6.72. The topological polar surface area (TPSA) is 32.3 Å². The third kappa shape index (κ3) is 8.10. The Hall–Kier alpha value is -0.920. The molecule has 0 fully saturated rings. The lowest BCUT2D eigenvalue weighted by atomic mass is 10.4. The average molecular weight is 234 g/mol. The quantitative estimate of drug-likeness (QED) is 0.715. The van der Waals surface area contributed by atoms with Gasteiger partial charge in [0, 0.05) is 7.05 Å². The molecule has 1 N–H and O–H groups in total. The lowest BCUT2D eigenvalue weighted by molar-refractivity contribution is -0.134. The number of nitrogens with one attached hydrogen (secondary N) is 1. The highest BCUT2D eigenvalue weighted by Gasteiger charge is 2.26. The number of nitrogens with zero attached hydrogens (tertiary/aromatic N) is 1. The van der Waals surface area contributed by atoms with Crippen LogP contribution in [0.15, 0.2) is 0 Å². The van der Waals surface area contributed by atoms with E-state index in [2.05, 4.69) is 0 Å². The van der Waals surface area contributed by atoms with Gasteiger partial charge in [-0.25, -0.2) is 8.78 Å². The van der Waals surface area contributed by atoms with Gasteiger partial charge in [-0.3, -0.25) is 4.79 Å².